The third-order valence-electron chi connectivity index (χ3n) is 1.42. The highest BCUT2D eigenvalue weighted by Crippen LogP contribution is 2.24. The third kappa shape index (κ3) is 2.89. The van der Waals surface area contributed by atoms with Crippen LogP contribution in [0.25, 0.3) is 0 Å². The van der Waals surface area contributed by atoms with Crippen molar-refractivity contribution in [3.8, 4) is 0 Å². The number of aromatic carboxylic acids is 1. The van der Waals surface area contributed by atoms with Gasteiger partial charge in [-0.25, -0.2) is 9.78 Å². The Morgan fingerprint density at radius 2 is 2.29 bits per heavy atom. The van der Waals surface area contributed by atoms with Crippen molar-refractivity contribution in [2.75, 3.05) is 0 Å². The van der Waals surface area contributed by atoms with Crippen LogP contribution in [0.3, 0.4) is 0 Å². The molecule has 0 atom stereocenters. The molecule has 0 saturated heterocycles. The molecule has 1 aromatic heterocycles. The molecule has 0 aliphatic carbocycles. The molecule has 1 N–H and O–H groups in total. The molecule has 0 unspecified atom stereocenters. The molecule has 0 amide bonds. The summed E-state index contributed by atoms with van der Waals surface area (Å²) in [6.07, 6.45) is 1.37. The lowest BCUT2D eigenvalue weighted by Crippen LogP contribution is -1.99. The van der Waals surface area contributed by atoms with Gasteiger partial charge in [0.1, 0.15) is 0 Å². The van der Waals surface area contributed by atoms with E-state index in [1.807, 2.05) is 13.8 Å². The zero-order valence-corrected chi connectivity index (χ0v) is 9.39. The van der Waals surface area contributed by atoms with E-state index in [1.165, 1.54) is 24.0 Å². The molecule has 5 heteroatoms. The Labute approximate surface area is 91.5 Å². The topological polar surface area (TPSA) is 50.2 Å². The number of aromatic nitrogens is 1. The molecule has 0 aliphatic rings. The molecule has 0 bridgehead atoms. The lowest BCUT2D eigenvalue weighted by Gasteiger charge is -2.05. The molecule has 3 nitrogen and oxygen atoms in total. The number of hydrogen-bond donors (Lipinski definition) is 1. The quantitative estimate of drug-likeness (QED) is 0.813. The minimum Gasteiger partial charge on any atom is -0.478 e. The van der Waals surface area contributed by atoms with Gasteiger partial charge >= 0.3 is 5.97 Å². The second kappa shape index (κ2) is 4.66. The molecule has 76 valence electrons. The zero-order valence-electron chi connectivity index (χ0n) is 7.82. The van der Waals surface area contributed by atoms with Crippen LogP contribution in [-0.4, -0.2) is 21.3 Å². The molecule has 14 heavy (non-hydrogen) atoms. The van der Waals surface area contributed by atoms with E-state index >= 15 is 0 Å². The van der Waals surface area contributed by atoms with E-state index in [4.69, 9.17) is 16.7 Å². The summed E-state index contributed by atoms with van der Waals surface area (Å²) in [5, 5.41) is 10.0. The monoisotopic (exact) mass is 231 g/mol. The summed E-state index contributed by atoms with van der Waals surface area (Å²) in [5.41, 5.74) is 0.102. The van der Waals surface area contributed by atoms with Gasteiger partial charge in [0.25, 0.3) is 0 Å². The van der Waals surface area contributed by atoms with Gasteiger partial charge < -0.3 is 5.11 Å². The lowest BCUT2D eigenvalue weighted by atomic mass is 10.3. The Morgan fingerprint density at radius 1 is 1.64 bits per heavy atom. The fraction of sp³-hybridized carbons (Fsp3) is 0.333. The number of thioether (sulfide) groups is 1. The van der Waals surface area contributed by atoms with Crippen LogP contribution in [0.5, 0.6) is 0 Å². The van der Waals surface area contributed by atoms with Gasteiger partial charge in [0.2, 0.25) is 0 Å². The molecule has 1 heterocycles. The van der Waals surface area contributed by atoms with E-state index in [0.29, 0.717) is 10.3 Å². The van der Waals surface area contributed by atoms with Crippen molar-refractivity contribution in [2.45, 2.75) is 24.1 Å². The van der Waals surface area contributed by atoms with Gasteiger partial charge in [0.15, 0.2) is 0 Å². The second-order valence-corrected chi connectivity index (χ2v) is 4.98. The second-order valence-electron chi connectivity index (χ2n) is 2.97. The van der Waals surface area contributed by atoms with Gasteiger partial charge in [0.05, 0.1) is 15.6 Å². The summed E-state index contributed by atoms with van der Waals surface area (Å²) in [6.45, 7) is 4.03. The van der Waals surface area contributed by atoms with Gasteiger partial charge in [-0.2, -0.15) is 0 Å². The molecule has 0 fully saturated rings. The molecule has 0 aliphatic heterocycles. The first-order valence-corrected chi connectivity index (χ1v) is 5.32. The van der Waals surface area contributed by atoms with Crippen molar-refractivity contribution in [1.29, 1.82) is 0 Å². The maximum absolute atomic E-state index is 10.7. The number of halogens is 1. The van der Waals surface area contributed by atoms with E-state index in [-0.39, 0.29) is 10.6 Å². The van der Waals surface area contributed by atoms with E-state index in [0.717, 1.165) is 0 Å². The highest BCUT2D eigenvalue weighted by atomic mass is 35.5. The van der Waals surface area contributed by atoms with E-state index in [9.17, 15) is 4.79 Å². The van der Waals surface area contributed by atoms with E-state index in [1.54, 1.807) is 0 Å². The third-order valence-corrected chi connectivity index (χ3v) is 2.65. The number of carboxylic acids is 1. The standard InChI is InChI=1S/C9H10ClNO2S/c1-5(2)14-8-3-6(9(12)13)7(10)4-11-8/h3-5H,1-2H3,(H,12,13). The Bertz CT molecular complexity index is 355. The first-order chi connectivity index (χ1) is 6.50. The predicted octanol–water partition coefficient (Wildman–Crippen LogP) is 2.93. The first kappa shape index (κ1) is 11.3. The van der Waals surface area contributed by atoms with E-state index in [2.05, 4.69) is 4.98 Å². The largest absolute Gasteiger partial charge is 0.478 e. The lowest BCUT2D eigenvalue weighted by molar-refractivity contribution is 0.0696. The Balaban J connectivity index is 3.00. The first-order valence-electron chi connectivity index (χ1n) is 4.06. The Morgan fingerprint density at radius 3 is 2.79 bits per heavy atom. The van der Waals surface area contributed by atoms with Crippen molar-refractivity contribution in [2.24, 2.45) is 0 Å². The molecule has 0 saturated carbocycles. The Hall–Kier alpha value is -0.740. The smallest absolute Gasteiger partial charge is 0.337 e. The minimum absolute atomic E-state index is 0.102. The van der Waals surface area contributed by atoms with Crippen LogP contribution in [0, 0.1) is 0 Å². The number of nitrogens with zero attached hydrogens (tertiary/aromatic N) is 1. The highest BCUT2D eigenvalue weighted by Gasteiger charge is 2.11. The maximum Gasteiger partial charge on any atom is 0.337 e. The summed E-state index contributed by atoms with van der Waals surface area (Å²) in [7, 11) is 0. The SMILES string of the molecule is CC(C)Sc1cc(C(=O)O)c(Cl)cn1. The van der Waals surface area contributed by atoms with Gasteiger partial charge in [0, 0.05) is 11.4 Å². The van der Waals surface area contributed by atoms with Crippen molar-refractivity contribution in [3.05, 3.63) is 22.8 Å². The number of hydrogen-bond acceptors (Lipinski definition) is 3. The highest BCUT2D eigenvalue weighted by molar-refractivity contribution is 7.99. The number of carbonyl (C=O) groups is 1. The summed E-state index contributed by atoms with van der Waals surface area (Å²) < 4.78 is 0. The molecule has 0 spiro atoms. The fourth-order valence-electron chi connectivity index (χ4n) is 0.889. The molecular weight excluding hydrogens is 222 g/mol. The number of rotatable bonds is 3. The Kier molecular flexibility index (Phi) is 3.77. The van der Waals surface area contributed by atoms with Crippen molar-refractivity contribution in [3.63, 3.8) is 0 Å². The molecule has 1 aromatic rings. The van der Waals surface area contributed by atoms with Gasteiger partial charge in [-0.1, -0.05) is 25.4 Å². The van der Waals surface area contributed by atoms with Gasteiger partial charge in [-0.05, 0) is 6.07 Å². The van der Waals surface area contributed by atoms with Crippen LogP contribution in [-0.2, 0) is 0 Å². The number of pyridine rings is 1. The zero-order chi connectivity index (χ0) is 10.7. The van der Waals surface area contributed by atoms with Crippen molar-refractivity contribution < 1.29 is 9.90 Å². The summed E-state index contributed by atoms with van der Waals surface area (Å²) in [4.78, 5) is 14.8. The van der Waals surface area contributed by atoms with Crippen molar-refractivity contribution in [1.82, 2.24) is 4.98 Å². The summed E-state index contributed by atoms with van der Waals surface area (Å²) in [5.74, 6) is -1.02. The summed E-state index contributed by atoms with van der Waals surface area (Å²) >= 11 is 7.18. The van der Waals surface area contributed by atoms with Gasteiger partial charge in [-0.3, -0.25) is 0 Å². The average molecular weight is 232 g/mol. The molecule has 0 aromatic carbocycles. The maximum atomic E-state index is 10.7. The van der Waals surface area contributed by atoms with Crippen LogP contribution < -0.4 is 0 Å². The number of carboxylic acid groups (broad SMARTS) is 1. The molecular formula is C9H10ClNO2S. The molecule has 0 radical (unpaired) electrons. The van der Waals surface area contributed by atoms with Crippen LogP contribution >= 0.6 is 23.4 Å². The van der Waals surface area contributed by atoms with Crippen molar-refractivity contribution >= 4 is 29.3 Å². The fourth-order valence-corrected chi connectivity index (χ4v) is 1.86. The van der Waals surface area contributed by atoms with E-state index < -0.39 is 5.97 Å². The predicted molar refractivity (Wildman–Crippen MR) is 57.2 cm³/mol. The van der Waals surface area contributed by atoms with Gasteiger partial charge in [-0.15, -0.1) is 11.8 Å². The van der Waals surface area contributed by atoms with Crippen LogP contribution in [0.1, 0.15) is 24.2 Å². The normalized spacial score (nSPS) is 10.6. The minimum atomic E-state index is -1.02. The van der Waals surface area contributed by atoms with Crippen LogP contribution in [0.15, 0.2) is 17.3 Å². The summed E-state index contributed by atoms with van der Waals surface area (Å²) in [6, 6.07) is 1.50. The average Bonchev–Trinajstić information content (AvgIpc) is 2.07. The molecule has 1 rings (SSSR count). The van der Waals surface area contributed by atoms with Crippen LogP contribution in [0.2, 0.25) is 5.02 Å². The van der Waals surface area contributed by atoms with Crippen LogP contribution in [0.4, 0.5) is 0 Å².